The van der Waals surface area contributed by atoms with Crippen LogP contribution in [-0.2, 0) is 36.8 Å². The van der Waals surface area contributed by atoms with Crippen molar-refractivity contribution in [2.24, 2.45) is 0 Å². The fourth-order valence-corrected chi connectivity index (χ4v) is 15.7. The summed E-state index contributed by atoms with van der Waals surface area (Å²) in [6.45, 7) is 9.07. The molecule has 8 rings (SSSR count). The van der Waals surface area contributed by atoms with Crippen molar-refractivity contribution in [3.05, 3.63) is 174 Å². The van der Waals surface area contributed by atoms with Crippen molar-refractivity contribution < 1.29 is 41.6 Å². The monoisotopic (exact) mass is 993 g/mol. The summed E-state index contributed by atoms with van der Waals surface area (Å²) in [5.74, 6) is -0.680. The third-order valence-electron chi connectivity index (χ3n) is 12.8. The first-order valence-electron chi connectivity index (χ1n) is 23.1. The van der Waals surface area contributed by atoms with E-state index in [1.807, 2.05) is 66.7 Å². The number of aromatic nitrogens is 4. The second-order valence-electron chi connectivity index (χ2n) is 18.6. The topological polar surface area (TPSA) is 232 Å². The van der Waals surface area contributed by atoms with Gasteiger partial charge in [0.25, 0.3) is 19.4 Å². The van der Waals surface area contributed by atoms with Gasteiger partial charge in [-0.3, -0.25) is 42.3 Å². The van der Waals surface area contributed by atoms with Crippen LogP contribution in [0.3, 0.4) is 0 Å². The predicted molar refractivity (Wildman–Crippen MR) is 259 cm³/mol. The number of esters is 1. The Kier molecular flexibility index (Phi) is 15.2. The lowest BCUT2D eigenvalue weighted by Crippen LogP contribution is -2.68. The molecule has 18 nitrogen and oxygen atoms in total. The van der Waals surface area contributed by atoms with E-state index in [4.69, 9.17) is 32.2 Å². The molecule has 0 amide bonds. The lowest BCUT2D eigenvalue weighted by atomic mass is 10.0. The first-order valence-corrected chi connectivity index (χ1v) is 26.5. The number of carbonyl (C=O) groups is 1. The number of nitriles is 1. The largest absolute Gasteiger partial charge is 0.475 e. The maximum atomic E-state index is 15.5. The van der Waals surface area contributed by atoms with E-state index in [2.05, 4.69) is 30.7 Å². The van der Waals surface area contributed by atoms with E-state index in [-0.39, 0.29) is 55.4 Å². The van der Waals surface area contributed by atoms with Gasteiger partial charge in [-0.05, 0) is 47.8 Å². The molecule has 2 aromatic heterocycles. The molecule has 70 heavy (non-hydrogen) atoms. The van der Waals surface area contributed by atoms with Gasteiger partial charge in [0.15, 0.2) is 0 Å². The number of phosphoric ester groups is 1. The molecular formula is C50H56N5O13PSi. The molecule has 2 N–H and O–H groups in total. The van der Waals surface area contributed by atoms with Crippen molar-refractivity contribution >= 4 is 32.5 Å². The van der Waals surface area contributed by atoms with Crippen LogP contribution >= 0.6 is 7.82 Å². The highest BCUT2D eigenvalue weighted by Gasteiger charge is 2.56. The summed E-state index contributed by atoms with van der Waals surface area (Å²) in [4.78, 5) is 70.2. The van der Waals surface area contributed by atoms with Gasteiger partial charge in [0, 0.05) is 42.8 Å². The Hall–Kier alpha value is -6.07. The first-order chi connectivity index (χ1) is 33.5. The van der Waals surface area contributed by atoms with Crippen LogP contribution in [0.15, 0.2) is 135 Å². The van der Waals surface area contributed by atoms with Crippen molar-refractivity contribution in [3.63, 3.8) is 0 Å². The molecule has 2 saturated heterocycles. The van der Waals surface area contributed by atoms with Gasteiger partial charge in [-0.25, -0.2) is 18.9 Å². The fourth-order valence-electron chi connectivity index (χ4n) is 9.41. The van der Waals surface area contributed by atoms with Crippen LogP contribution in [0.25, 0.3) is 0 Å². The second kappa shape index (κ2) is 21.1. The van der Waals surface area contributed by atoms with Crippen molar-refractivity contribution in [2.75, 3.05) is 6.61 Å². The number of nitrogens with one attached hydrogen (secondary N) is 2. The number of H-pyrrole nitrogens is 2. The minimum absolute atomic E-state index is 0.00325. The van der Waals surface area contributed by atoms with E-state index >= 15 is 4.57 Å². The zero-order chi connectivity index (χ0) is 49.8. The molecule has 1 unspecified atom stereocenters. The minimum atomic E-state index is -4.86. The quantitative estimate of drug-likeness (QED) is 0.0509. The Morgan fingerprint density at radius 1 is 0.743 bits per heavy atom. The van der Waals surface area contributed by atoms with Crippen LogP contribution in [0, 0.1) is 25.2 Å². The zero-order valence-electron chi connectivity index (χ0n) is 39.4. The molecule has 3 aliphatic heterocycles. The van der Waals surface area contributed by atoms with Gasteiger partial charge >= 0.3 is 25.2 Å². The molecule has 368 valence electrons. The molecule has 0 aliphatic carbocycles. The van der Waals surface area contributed by atoms with Crippen LogP contribution in [0.4, 0.5) is 0 Å². The number of hydrogen-bond acceptors (Lipinski definition) is 14. The maximum Gasteiger partial charge on any atom is 0.475 e. The van der Waals surface area contributed by atoms with Gasteiger partial charge in [0.2, 0.25) is 0 Å². The number of rotatable bonds is 12. The van der Waals surface area contributed by atoms with Crippen LogP contribution in [0.1, 0.15) is 86.8 Å². The summed E-state index contributed by atoms with van der Waals surface area (Å²) in [5.41, 5.74) is -1.89. The molecule has 3 aliphatic rings. The molecule has 20 heteroatoms. The average molecular weight is 994 g/mol. The van der Waals surface area contributed by atoms with E-state index in [0.717, 1.165) is 10.4 Å². The van der Waals surface area contributed by atoms with Crippen molar-refractivity contribution in [3.8, 4) is 6.07 Å². The highest BCUT2D eigenvalue weighted by molar-refractivity contribution is 7.48. The number of hydrogen-bond donors (Lipinski definition) is 2. The Bertz CT molecular complexity index is 2980. The summed E-state index contributed by atoms with van der Waals surface area (Å²) in [7, 11) is -8.26. The molecule has 5 heterocycles. The zero-order valence-corrected chi connectivity index (χ0v) is 41.3. The third-order valence-corrected chi connectivity index (χ3v) is 19.4. The van der Waals surface area contributed by atoms with Gasteiger partial charge in [0.1, 0.15) is 43.0 Å². The lowest BCUT2D eigenvalue weighted by Gasteiger charge is -2.45. The van der Waals surface area contributed by atoms with E-state index in [1.165, 1.54) is 28.5 Å². The van der Waals surface area contributed by atoms with Gasteiger partial charge in [-0.1, -0.05) is 112 Å². The van der Waals surface area contributed by atoms with Crippen LogP contribution in [-0.4, -0.2) is 76.6 Å². The van der Waals surface area contributed by atoms with E-state index in [1.54, 1.807) is 49.4 Å². The smallest absolute Gasteiger partial charge is 0.456 e. The number of fused-ring (bicyclic) bond motifs is 1. The van der Waals surface area contributed by atoms with E-state index in [9.17, 15) is 29.2 Å². The molecule has 5 aromatic rings. The number of aryl methyl sites for hydroxylation is 2. The molecule has 0 bridgehead atoms. The summed E-state index contributed by atoms with van der Waals surface area (Å²) in [6, 6.07) is 30.1. The number of benzene rings is 3. The molecule has 0 spiro atoms. The standard InChI is InChI=1S/C50H56N5O13PSi/c1-32-30-54(48(59)52-45(32)56)41-28-39-43(64-41)37(63-47(58)34-18-9-6-10-19-34)24-15-16-25-38(66-69(61,67-39)62-27-17-26-51)44-40(29-42(65-44)55-31-33(2)46(57)53-49(55)60)68-70(50(3,4)5,35-20-11-7-12-21-35)36-22-13-8-14-23-36/h6-16,18-23,30-31,37-44H,17,24-25,27-29H2,1-5H3,(H,52,56,59)(H,53,57,60)/b16-15-/t37-,38-,39-,40-,41+,42+,43+,44+,69?/m0/s1. The van der Waals surface area contributed by atoms with Gasteiger partial charge < -0.3 is 18.6 Å². The predicted octanol–water partition coefficient (Wildman–Crippen LogP) is 5.61. The van der Waals surface area contributed by atoms with E-state index < -0.39 is 98.7 Å². The SMILES string of the molecule is Cc1cn([C@H]2C[C@@H]3OP(=O)(OCCC#N)O[C@H]([C@H]4O[C@@H](n5cc(C)c(=O)[nH]c5=O)C[C@@H]4O[Si](c4ccccc4)(c4ccccc4)C(C)(C)C)C/C=C\C[C@H](OC(=O)c4ccccc4)[C@H]3O2)c(=O)[nH]c1=O. The highest BCUT2D eigenvalue weighted by Crippen LogP contribution is 2.56. The number of aromatic amines is 2. The van der Waals surface area contributed by atoms with Crippen LogP contribution in [0.2, 0.25) is 5.04 Å². The number of nitrogens with zero attached hydrogens (tertiary/aromatic N) is 3. The lowest BCUT2D eigenvalue weighted by molar-refractivity contribution is -0.0975. The van der Waals surface area contributed by atoms with Crippen molar-refractivity contribution in [2.45, 2.75) is 121 Å². The maximum absolute atomic E-state index is 15.5. The molecule has 9 atom stereocenters. The highest BCUT2D eigenvalue weighted by atomic mass is 31.2. The second-order valence-corrected chi connectivity index (χ2v) is 24.4. The Morgan fingerprint density at radius 2 is 1.24 bits per heavy atom. The van der Waals surface area contributed by atoms with Gasteiger partial charge in [-0.2, -0.15) is 5.26 Å². The summed E-state index contributed by atoms with van der Waals surface area (Å²) >= 11 is 0. The summed E-state index contributed by atoms with van der Waals surface area (Å²) in [5, 5.41) is 11.0. The van der Waals surface area contributed by atoms with Gasteiger partial charge in [0.05, 0.1) is 30.8 Å². The molecular weight excluding hydrogens is 938 g/mol. The van der Waals surface area contributed by atoms with Crippen molar-refractivity contribution in [1.82, 2.24) is 19.1 Å². The molecule has 0 radical (unpaired) electrons. The Labute approximate surface area is 404 Å². The van der Waals surface area contributed by atoms with Crippen LogP contribution in [0.5, 0.6) is 0 Å². The van der Waals surface area contributed by atoms with Gasteiger partial charge in [-0.15, -0.1) is 0 Å². The van der Waals surface area contributed by atoms with Crippen molar-refractivity contribution in [1.29, 1.82) is 5.26 Å². The molecule has 0 saturated carbocycles. The third kappa shape index (κ3) is 10.6. The summed E-state index contributed by atoms with van der Waals surface area (Å²) in [6.07, 6.45) is -2.83. The number of carbonyl (C=O) groups excluding carboxylic acids is 1. The fraction of sp³-hybridized carbons (Fsp3) is 0.400. The first kappa shape index (κ1) is 50.3. The molecule has 3 aromatic carbocycles. The summed E-state index contributed by atoms with van der Waals surface area (Å²) < 4.78 is 64.3. The number of phosphoric acid groups is 1. The normalized spacial score (nSPS) is 26.6. The molecule has 2 fully saturated rings. The number of ether oxygens (including phenoxy) is 3. The average Bonchev–Trinajstić information content (AvgIpc) is 3.95. The van der Waals surface area contributed by atoms with E-state index in [0.29, 0.717) is 0 Å². The minimum Gasteiger partial charge on any atom is -0.456 e. The Morgan fingerprint density at radius 3 is 1.79 bits per heavy atom. The Balaban J connectivity index is 1.25. The van der Waals surface area contributed by atoms with Crippen LogP contribution < -0.4 is 32.9 Å².